The molecule has 3 aromatic heterocycles. The Morgan fingerprint density at radius 3 is 2.68 bits per heavy atom. The summed E-state index contributed by atoms with van der Waals surface area (Å²) >= 11 is 1.49. The van der Waals surface area contributed by atoms with E-state index in [-0.39, 0.29) is 17.7 Å². The maximum atomic E-state index is 13.3. The van der Waals surface area contributed by atoms with Gasteiger partial charge in [0, 0.05) is 12.4 Å². The van der Waals surface area contributed by atoms with Crippen LogP contribution in [0.3, 0.4) is 0 Å². The van der Waals surface area contributed by atoms with Crippen LogP contribution in [0.4, 0.5) is 4.39 Å². The molecule has 8 heteroatoms. The molecule has 0 aliphatic heterocycles. The second-order valence-electron chi connectivity index (χ2n) is 6.11. The zero-order valence-corrected chi connectivity index (χ0v) is 15.7. The van der Waals surface area contributed by atoms with Crippen molar-refractivity contribution >= 4 is 17.2 Å². The number of pyridine rings is 1. The van der Waals surface area contributed by atoms with Crippen molar-refractivity contribution in [1.29, 1.82) is 0 Å². The van der Waals surface area contributed by atoms with Gasteiger partial charge < -0.3 is 5.32 Å². The molecule has 1 N–H and O–H groups in total. The standard InChI is InChI=1S/C20H16FN5OS/c1-13(14-4-2-10-22-12-14)23-20(27)18-24-19(17-5-3-11-28-17)26(25-18)16-8-6-15(21)7-9-16/h2-13H,1H3,(H,23,27). The van der Waals surface area contributed by atoms with Gasteiger partial charge in [0.1, 0.15) is 5.82 Å². The Morgan fingerprint density at radius 1 is 1.18 bits per heavy atom. The van der Waals surface area contributed by atoms with Crippen LogP contribution in [0.1, 0.15) is 29.1 Å². The summed E-state index contributed by atoms with van der Waals surface area (Å²) in [5.41, 5.74) is 1.50. The molecule has 0 aliphatic rings. The summed E-state index contributed by atoms with van der Waals surface area (Å²) in [5.74, 6) is -0.163. The highest BCUT2D eigenvalue weighted by Gasteiger charge is 2.21. The van der Waals surface area contributed by atoms with Crippen molar-refractivity contribution in [2.24, 2.45) is 0 Å². The Hall–Kier alpha value is -3.39. The van der Waals surface area contributed by atoms with E-state index in [0.29, 0.717) is 11.5 Å². The predicted octanol–water partition coefficient (Wildman–Crippen LogP) is 4.02. The molecular weight excluding hydrogens is 377 g/mol. The lowest BCUT2D eigenvalue weighted by molar-refractivity contribution is 0.0929. The summed E-state index contributed by atoms with van der Waals surface area (Å²) in [5, 5.41) is 9.18. The maximum absolute atomic E-state index is 13.3. The highest BCUT2D eigenvalue weighted by atomic mass is 32.1. The minimum atomic E-state index is -0.393. The predicted molar refractivity (Wildman–Crippen MR) is 105 cm³/mol. The molecular formula is C20H16FN5OS. The van der Waals surface area contributed by atoms with E-state index in [1.807, 2.05) is 36.6 Å². The van der Waals surface area contributed by atoms with Gasteiger partial charge in [-0.05, 0) is 54.3 Å². The molecule has 1 aromatic carbocycles. The largest absolute Gasteiger partial charge is 0.343 e. The Morgan fingerprint density at radius 2 is 2.00 bits per heavy atom. The summed E-state index contributed by atoms with van der Waals surface area (Å²) in [6, 6.07) is 13.1. The van der Waals surface area contributed by atoms with E-state index in [9.17, 15) is 9.18 Å². The first-order valence-electron chi connectivity index (χ1n) is 8.59. The fraction of sp³-hybridized carbons (Fsp3) is 0.100. The second-order valence-corrected chi connectivity index (χ2v) is 7.05. The number of carbonyl (C=O) groups is 1. The highest BCUT2D eigenvalue weighted by Crippen LogP contribution is 2.26. The first-order chi connectivity index (χ1) is 13.6. The fourth-order valence-electron chi connectivity index (χ4n) is 2.71. The molecule has 4 aromatic rings. The van der Waals surface area contributed by atoms with Crippen molar-refractivity contribution < 1.29 is 9.18 Å². The van der Waals surface area contributed by atoms with Gasteiger partial charge in [0.2, 0.25) is 5.82 Å². The summed E-state index contributed by atoms with van der Waals surface area (Å²) in [7, 11) is 0. The normalized spacial score (nSPS) is 11.9. The number of benzene rings is 1. The minimum absolute atomic E-state index is 0.0449. The molecule has 0 radical (unpaired) electrons. The molecule has 140 valence electrons. The van der Waals surface area contributed by atoms with E-state index >= 15 is 0 Å². The van der Waals surface area contributed by atoms with Crippen molar-refractivity contribution in [3.63, 3.8) is 0 Å². The summed E-state index contributed by atoms with van der Waals surface area (Å²) in [4.78, 5) is 22.1. The molecule has 0 bridgehead atoms. The van der Waals surface area contributed by atoms with Gasteiger partial charge in [0.25, 0.3) is 5.91 Å². The molecule has 1 amide bonds. The van der Waals surface area contributed by atoms with Crippen LogP contribution >= 0.6 is 11.3 Å². The number of amides is 1. The Bertz CT molecular complexity index is 1080. The van der Waals surface area contributed by atoms with Crippen LogP contribution < -0.4 is 5.32 Å². The number of hydrogen-bond acceptors (Lipinski definition) is 5. The van der Waals surface area contributed by atoms with Crippen molar-refractivity contribution in [2.45, 2.75) is 13.0 Å². The molecule has 3 heterocycles. The molecule has 4 rings (SSSR count). The summed E-state index contributed by atoms with van der Waals surface area (Å²) in [6.07, 6.45) is 3.38. The number of thiophene rings is 1. The van der Waals surface area contributed by atoms with E-state index in [1.54, 1.807) is 29.2 Å². The molecule has 0 aliphatic carbocycles. The van der Waals surface area contributed by atoms with E-state index in [0.717, 1.165) is 10.4 Å². The van der Waals surface area contributed by atoms with Crippen molar-refractivity contribution in [2.75, 3.05) is 0 Å². The van der Waals surface area contributed by atoms with Gasteiger partial charge in [-0.2, -0.15) is 0 Å². The topological polar surface area (TPSA) is 72.7 Å². The Balaban J connectivity index is 1.67. The Kier molecular flexibility index (Phi) is 4.94. The zero-order valence-electron chi connectivity index (χ0n) is 14.9. The lowest BCUT2D eigenvalue weighted by Gasteiger charge is -2.12. The van der Waals surface area contributed by atoms with Gasteiger partial charge in [-0.3, -0.25) is 9.78 Å². The van der Waals surface area contributed by atoms with Crippen LogP contribution in [0, 0.1) is 5.82 Å². The smallest absolute Gasteiger partial charge is 0.291 e. The number of carbonyl (C=O) groups excluding carboxylic acids is 1. The number of nitrogens with zero attached hydrogens (tertiary/aromatic N) is 4. The third-order valence-electron chi connectivity index (χ3n) is 4.16. The van der Waals surface area contributed by atoms with Gasteiger partial charge in [0.15, 0.2) is 5.82 Å². The van der Waals surface area contributed by atoms with Crippen LogP contribution in [0.2, 0.25) is 0 Å². The Labute approximate surface area is 164 Å². The second kappa shape index (κ2) is 7.69. The minimum Gasteiger partial charge on any atom is -0.343 e. The van der Waals surface area contributed by atoms with Gasteiger partial charge >= 0.3 is 0 Å². The van der Waals surface area contributed by atoms with E-state index in [4.69, 9.17) is 0 Å². The summed E-state index contributed by atoms with van der Waals surface area (Å²) < 4.78 is 14.9. The third kappa shape index (κ3) is 3.67. The number of aromatic nitrogens is 4. The number of halogens is 1. The molecule has 0 saturated heterocycles. The first-order valence-corrected chi connectivity index (χ1v) is 9.47. The molecule has 28 heavy (non-hydrogen) atoms. The van der Waals surface area contributed by atoms with E-state index in [1.165, 1.54) is 23.5 Å². The number of rotatable bonds is 5. The third-order valence-corrected chi connectivity index (χ3v) is 5.02. The average molecular weight is 393 g/mol. The lowest BCUT2D eigenvalue weighted by Crippen LogP contribution is -2.27. The molecule has 6 nitrogen and oxygen atoms in total. The van der Waals surface area contributed by atoms with Crippen LogP contribution in [0.25, 0.3) is 16.4 Å². The lowest BCUT2D eigenvalue weighted by atomic mass is 10.1. The van der Waals surface area contributed by atoms with E-state index < -0.39 is 5.91 Å². The van der Waals surface area contributed by atoms with Crippen molar-refractivity contribution in [3.05, 3.63) is 83.5 Å². The monoisotopic (exact) mass is 393 g/mol. The van der Waals surface area contributed by atoms with Crippen molar-refractivity contribution in [1.82, 2.24) is 25.1 Å². The summed E-state index contributed by atoms with van der Waals surface area (Å²) in [6.45, 7) is 1.87. The van der Waals surface area contributed by atoms with Crippen LogP contribution in [0.15, 0.2) is 66.3 Å². The van der Waals surface area contributed by atoms with Crippen LogP contribution in [-0.4, -0.2) is 25.7 Å². The molecule has 0 fully saturated rings. The molecule has 1 unspecified atom stereocenters. The van der Waals surface area contributed by atoms with Gasteiger partial charge in [-0.1, -0.05) is 12.1 Å². The quantitative estimate of drug-likeness (QED) is 0.556. The van der Waals surface area contributed by atoms with E-state index in [2.05, 4.69) is 20.4 Å². The SMILES string of the molecule is CC(NC(=O)c1nc(-c2cccs2)n(-c2ccc(F)cc2)n1)c1cccnc1. The molecule has 0 spiro atoms. The van der Waals surface area contributed by atoms with Crippen LogP contribution in [0.5, 0.6) is 0 Å². The number of nitrogens with one attached hydrogen (secondary N) is 1. The van der Waals surface area contributed by atoms with Gasteiger partial charge in [-0.15, -0.1) is 16.4 Å². The first kappa shape index (κ1) is 18.0. The van der Waals surface area contributed by atoms with Gasteiger partial charge in [-0.25, -0.2) is 14.1 Å². The highest BCUT2D eigenvalue weighted by molar-refractivity contribution is 7.13. The zero-order chi connectivity index (χ0) is 19.5. The average Bonchev–Trinajstić information content (AvgIpc) is 3.39. The van der Waals surface area contributed by atoms with Crippen LogP contribution in [-0.2, 0) is 0 Å². The van der Waals surface area contributed by atoms with Gasteiger partial charge in [0.05, 0.1) is 16.6 Å². The van der Waals surface area contributed by atoms with Crippen molar-refractivity contribution in [3.8, 4) is 16.4 Å². The number of hydrogen-bond donors (Lipinski definition) is 1. The maximum Gasteiger partial charge on any atom is 0.291 e. The molecule has 0 saturated carbocycles. The molecule has 1 atom stereocenters. The fourth-order valence-corrected chi connectivity index (χ4v) is 3.41.